The zero-order chi connectivity index (χ0) is 51.8. The number of urea groups is 1. The van der Waals surface area contributed by atoms with Gasteiger partial charge < -0.3 is 50.5 Å². The van der Waals surface area contributed by atoms with E-state index in [0.717, 1.165) is 131 Å². The average molecular weight is 995 g/mol. The number of carbonyl (C=O) groups is 3. The van der Waals surface area contributed by atoms with Crippen LogP contribution in [0.5, 0.6) is 17.2 Å². The average Bonchev–Trinajstić information content (AvgIpc) is 3.40. The topological polar surface area (TPSA) is 211 Å². The lowest BCUT2D eigenvalue weighted by atomic mass is 9.91. The molecule has 8 rings (SSSR count). The van der Waals surface area contributed by atoms with Crippen LogP contribution in [0.25, 0.3) is 0 Å². The second-order valence-corrected chi connectivity index (χ2v) is 19.3. The Morgan fingerprint density at radius 3 is 2.22 bits per heavy atom. The summed E-state index contributed by atoms with van der Waals surface area (Å²) in [6.45, 7) is 15.1. The van der Waals surface area contributed by atoms with Gasteiger partial charge in [0, 0.05) is 109 Å². The van der Waals surface area contributed by atoms with Crippen molar-refractivity contribution in [1.82, 2.24) is 24.7 Å². The number of benzene rings is 4. The molecule has 0 saturated carbocycles. The van der Waals surface area contributed by atoms with Crippen LogP contribution in [0.15, 0.2) is 85.1 Å². The van der Waals surface area contributed by atoms with Gasteiger partial charge in [-0.1, -0.05) is 37.3 Å². The first-order valence-electron chi connectivity index (χ1n) is 25.4. The molecule has 3 fully saturated rings. The Bertz CT molecular complexity index is 2750. The molecule has 5 aromatic rings. The number of nitrogens with zero attached hydrogens (tertiary/aromatic N) is 9. The van der Waals surface area contributed by atoms with Gasteiger partial charge in [-0.05, 0) is 105 Å². The number of aromatic nitrogens is 2. The fourth-order valence-electron chi connectivity index (χ4n) is 10.3. The molecule has 0 unspecified atom stereocenters. The molecule has 0 bridgehead atoms. The van der Waals surface area contributed by atoms with Gasteiger partial charge in [0.05, 0.1) is 29.7 Å². The van der Waals surface area contributed by atoms with E-state index in [4.69, 9.17) is 20.9 Å². The van der Waals surface area contributed by atoms with Crippen molar-refractivity contribution in [1.29, 1.82) is 5.41 Å². The third-order valence-corrected chi connectivity index (χ3v) is 14.6. The van der Waals surface area contributed by atoms with E-state index >= 15 is 0 Å². The van der Waals surface area contributed by atoms with Crippen molar-refractivity contribution < 1.29 is 29.3 Å². The fourth-order valence-corrected chi connectivity index (χ4v) is 10.3. The Hall–Kier alpha value is -7.44. The number of amides is 4. The minimum absolute atomic E-state index is 0.0133. The quantitative estimate of drug-likeness (QED) is 0.0349. The van der Waals surface area contributed by atoms with Gasteiger partial charge >= 0.3 is 6.03 Å². The molecule has 0 spiro atoms. The van der Waals surface area contributed by atoms with Crippen molar-refractivity contribution >= 4 is 64.4 Å². The zero-order valence-corrected chi connectivity index (χ0v) is 42.8. The van der Waals surface area contributed by atoms with Gasteiger partial charge in [0.15, 0.2) is 5.82 Å². The highest BCUT2D eigenvalue weighted by Crippen LogP contribution is 2.37. The zero-order valence-electron chi connectivity index (χ0n) is 42.8. The van der Waals surface area contributed by atoms with Gasteiger partial charge in [0.1, 0.15) is 28.8 Å². The summed E-state index contributed by atoms with van der Waals surface area (Å²) in [6, 6.07) is 23.4. The van der Waals surface area contributed by atoms with E-state index in [0.29, 0.717) is 53.4 Å². The second-order valence-electron chi connectivity index (χ2n) is 19.3. The van der Waals surface area contributed by atoms with Gasteiger partial charge in [-0.3, -0.25) is 19.9 Å². The van der Waals surface area contributed by atoms with E-state index in [1.54, 1.807) is 25.4 Å². The maximum atomic E-state index is 13.9. The number of amidine groups is 1. The highest BCUT2D eigenvalue weighted by molar-refractivity contribution is 6.22. The second kappa shape index (κ2) is 23.4. The summed E-state index contributed by atoms with van der Waals surface area (Å²) in [5, 5.41) is 32.7. The standard InChI is InChI=1S/C55H70N12O6/c1-6-40-30-44(49(70)32-48(40)69)51(56)67(54(57)72)42-14-12-38(13-15-42)34-63-26-28-64(29-27-63)35-39-18-22-66(23-19-39)53(71)41-20-24-65(25-21-41)43-16-17-45(50(31-43)73-7-2)59-55-58-33-47(61(4)36-68)52(60-55)62(5)46-11-9-8-10-37(46)3/h8-17,30-33,36,39,41,56,69-70H,6-7,18-29,34-35H2,1-5H3,(H2,57,72)(H,58,59,60). The minimum atomic E-state index is -0.847. The molecule has 3 saturated heterocycles. The van der Waals surface area contributed by atoms with Crippen molar-refractivity contribution in [3.63, 3.8) is 0 Å². The number of hydrogen-bond acceptors (Lipinski definition) is 14. The molecule has 0 atom stereocenters. The van der Waals surface area contributed by atoms with Crippen molar-refractivity contribution in [2.75, 3.05) is 105 Å². The number of nitrogens with two attached hydrogens (primary N) is 1. The predicted octanol–water partition coefficient (Wildman–Crippen LogP) is 7.44. The molecular weight excluding hydrogens is 925 g/mol. The number of ether oxygens (including phenoxy) is 1. The Morgan fingerprint density at radius 1 is 0.863 bits per heavy atom. The van der Waals surface area contributed by atoms with Crippen LogP contribution in [-0.2, 0) is 22.6 Å². The van der Waals surface area contributed by atoms with Gasteiger partial charge in [0.25, 0.3) is 0 Å². The monoisotopic (exact) mass is 995 g/mol. The minimum Gasteiger partial charge on any atom is -0.508 e. The number of aryl methyl sites for hydroxylation is 2. The van der Waals surface area contributed by atoms with Crippen molar-refractivity contribution in [2.45, 2.75) is 59.4 Å². The van der Waals surface area contributed by atoms with E-state index in [1.165, 1.54) is 17.0 Å². The summed E-state index contributed by atoms with van der Waals surface area (Å²) in [7, 11) is 3.60. The van der Waals surface area contributed by atoms with Gasteiger partial charge in [-0.15, -0.1) is 0 Å². The highest BCUT2D eigenvalue weighted by atomic mass is 16.5. The number of nitrogens with one attached hydrogen (secondary N) is 2. The summed E-state index contributed by atoms with van der Waals surface area (Å²) in [6.07, 6.45) is 6.50. The first kappa shape index (κ1) is 51.9. The number of rotatable bonds is 17. The third-order valence-electron chi connectivity index (χ3n) is 14.6. The van der Waals surface area contributed by atoms with Crippen LogP contribution < -0.4 is 35.4 Å². The van der Waals surface area contributed by atoms with E-state index < -0.39 is 6.03 Å². The summed E-state index contributed by atoms with van der Waals surface area (Å²) < 4.78 is 6.14. The van der Waals surface area contributed by atoms with Crippen LogP contribution in [0.1, 0.15) is 61.8 Å². The van der Waals surface area contributed by atoms with Crippen LogP contribution in [0.3, 0.4) is 0 Å². The predicted molar refractivity (Wildman–Crippen MR) is 287 cm³/mol. The molecule has 1 aromatic heterocycles. The molecule has 73 heavy (non-hydrogen) atoms. The summed E-state index contributed by atoms with van der Waals surface area (Å²) in [5.41, 5.74) is 12.2. The normalized spacial score (nSPS) is 16.0. The summed E-state index contributed by atoms with van der Waals surface area (Å²) in [4.78, 5) is 61.6. The number of aromatic hydroxyl groups is 2. The number of para-hydroxylation sites is 1. The number of anilines is 7. The Kier molecular flexibility index (Phi) is 16.6. The smallest absolute Gasteiger partial charge is 0.325 e. The third kappa shape index (κ3) is 12.1. The number of phenols is 2. The number of hydrogen-bond donors (Lipinski definition) is 5. The first-order chi connectivity index (χ1) is 35.2. The van der Waals surface area contributed by atoms with E-state index in [2.05, 4.69) is 36.0 Å². The Balaban J connectivity index is 0.781. The van der Waals surface area contributed by atoms with Crippen LogP contribution in [-0.4, -0.2) is 139 Å². The molecule has 18 heteroatoms. The Morgan fingerprint density at radius 2 is 1.56 bits per heavy atom. The van der Waals surface area contributed by atoms with Crippen LogP contribution in [0, 0.1) is 24.2 Å². The van der Waals surface area contributed by atoms with Gasteiger partial charge in [-0.2, -0.15) is 4.98 Å². The summed E-state index contributed by atoms with van der Waals surface area (Å²) >= 11 is 0. The van der Waals surface area contributed by atoms with Crippen LogP contribution in [0.2, 0.25) is 0 Å². The van der Waals surface area contributed by atoms with Crippen LogP contribution in [0.4, 0.5) is 45.0 Å². The summed E-state index contributed by atoms with van der Waals surface area (Å²) in [5.74, 6) is 1.82. The van der Waals surface area contributed by atoms with E-state index in [1.807, 2.05) is 81.2 Å². The van der Waals surface area contributed by atoms with E-state index in [9.17, 15) is 24.6 Å². The molecule has 3 aliphatic heterocycles. The first-order valence-corrected chi connectivity index (χ1v) is 25.4. The van der Waals surface area contributed by atoms with Crippen molar-refractivity contribution in [3.05, 3.63) is 107 Å². The molecule has 386 valence electrons. The van der Waals surface area contributed by atoms with Crippen LogP contribution >= 0.6 is 0 Å². The SMILES string of the molecule is CCOc1cc(N2CCC(C(=O)N3CCC(CN4CCN(Cc5ccc(N(C(=N)c6cc(CC)c(O)cc6O)C(N)=O)cc5)CC4)CC3)CC2)ccc1Nc1ncc(N(C)C=O)c(N(C)c2ccccc2C)n1. The molecule has 0 aliphatic carbocycles. The maximum absolute atomic E-state index is 13.9. The van der Waals surface area contributed by atoms with Gasteiger partial charge in [-0.25, -0.2) is 14.7 Å². The fraction of sp³-hybridized carbons (Fsp3) is 0.418. The lowest BCUT2D eigenvalue weighted by molar-refractivity contribution is -0.137. The molecule has 0 radical (unpaired) electrons. The molecular formula is C55H70N12O6. The number of piperidine rings is 2. The molecule has 6 N–H and O–H groups in total. The maximum Gasteiger partial charge on any atom is 0.325 e. The highest BCUT2D eigenvalue weighted by Gasteiger charge is 2.33. The molecule has 4 amide bonds. The molecule has 3 aliphatic rings. The number of likely N-dealkylation sites (tertiary alicyclic amines) is 1. The number of carbonyl (C=O) groups excluding carboxylic acids is 3. The largest absolute Gasteiger partial charge is 0.508 e. The lowest BCUT2D eigenvalue weighted by Gasteiger charge is -2.40. The van der Waals surface area contributed by atoms with Gasteiger partial charge in [0.2, 0.25) is 18.3 Å². The lowest BCUT2D eigenvalue weighted by Crippen LogP contribution is -2.49. The molecule has 4 aromatic carbocycles. The molecule has 4 heterocycles. The number of primary amides is 1. The van der Waals surface area contributed by atoms with E-state index in [-0.39, 0.29) is 34.7 Å². The molecule has 18 nitrogen and oxygen atoms in total. The number of phenolic OH excluding ortho intramolecular Hbond substituents is 2. The van der Waals surface area contributed by atoms with Crippen molar-refractivity contribution in [2.24, 2.45) is 17.6 Å². The van der Waals surface area contributed by atoms with Crippen molar-refractivity contribution in [3.8, 4) is 17.2 Å². The Labute approximate surface area is 428 Å². The number of piperazine rings is 1.